The van der Waals surface area contributed by atoms with Gasteiger partial charge in [-0.2, -0.15) is 0 Å². The second kappa shape index (κ2) is 16.6. The Kier molecular flexibility index (Phi) is 13.7. The molecule has 5 heteroatoms. The van der Waals surface area contributed by atoms with Crippen molar-refractivity contribution in [2.45, 2.75) is 106 Å². The van der Waals surface area contributed by atoms with Crippen LogP contribution in [0.25, 0.3) is 11.1 Å². The summed E-state index contributed by atoms with van der Waals surface area (Å²) in [5.74, 6) is 0.438. The van der Waals surface area contributed by atoms with Crippen molar-refractivity contribution in [3.8, 4) is 11.1 Å². The number of allylic oxidation sites excluding steroid dienone is 4. The van der Waals surface area contributed by atoms with Gasteiger partial charge in [0.05, 0.1) is 0 Å². The van der Waals surface area contributed by atoms with Crippen molar-refractivity contribution in [3.63, 3.8) is 0 Å². The summed E-state index contributed by atoms with van der Waals surface area (Å²) in [6.07, 6.45) is 9.92. The van der Waals surface area contributed by atoms with Gasteiger partial charge in [0.1, 0.15) is 0 Å². The van der Waals surface area contributed by atoms with E-state index in [1.54, 1.807) is 12.1 Å². The fourth-order valence-electron chi connectivity index (χ4n) is 7.77. The summed E-state index contributed by atoms with van der Waals surface area (Å²) in [5.41, 5.74) is 13.0. The minimum Gasteiger partial charge on any atom is -1.00 e. The molecule has 0 fully saturated rings. The molecule has 2 aliphatic carbocycles. The number of benzene rings is 4. The van der Waals surface area contributed by atoms with E-state index in [0.29, 0.717) is 5.92 Å². The number of hydrogen-bond acceptors (Lipinski definition) is 0. The van der Waals surface area contributed by atoms with Gasteiger partial charge in [0.2, 0.25) is 0 Å². The van der Waals surface area contributed by atoms with Crippen molar-refractivity contribution in [2.24, 2.45) is 11.3 Å². The fraction of sp³-hybridized carbons (Fsp3) is 0.383. The van der Waals surface area contributed by atoms with Crippen LogP contribution in [0.3, 0.4) is 0 Å². The van der Waals surface area contributed by atoms with Gasteiger partial charge < -0.3 is 24.8 Å². The molecule has 0 bridgehead atoms. The molecular formula is C47H54Cl4Zr. The molecule has 0 radical (unpaired) electrons. The van der Waals surface area contributed by atoms with E-state index in [0.717, 1.165) is 16.5 Å². The number of unbranched alkanes of at least 4 members (excludes halogenated alkanes) is 1. The smallest absolute Gasteiger partial charge is 1.00 e. The molecule has 1 unspecified atom stereocenters. The van der Waals surface area contributed by atoms with Gasteiger partial charge in [-0.1, -0.05) is 0 Å². The number of halogens is 4. The molecule has 0 saturated heterocycles. The number of hydrogen-bond donors (Lipinski definition) is 0. The van der Waals surface area contributed by atoms with E-state index in [1.807, 2.05) is 0 Å². The Morgan fingerprint density at radius 3 is 1.75 bits per heavy atom. The van der Waals surface area contributed by atoms with Crippen molar-refractivity contribution in [1.82, 2.24) is 0 Å². The monoisotopic (exact) mass is 848 g/mol. The van der Waals surface area contributed by atoms with E-state index in [-0.39, 0.29) is 41.1 Å². The Morgan fingerprint density at radius 1 is 0.692 bits per heavy atom. The molecule has 4 aromatic rings. The molecule has 0 saturated carbocycles. The van der Waals surface area contributed by atoms with Gasteiger partial charge >= 0.3 is 322 Å². The summed E-state index contributed by atoms with van der Waals surface area (Å²) in [6.45, 7) is 23.7. The van der Waals surface area contributed by atoms with Gasteiger partial charge in [0.15, 0.2) is 0 Å². The predicted molar refractivity (Wildman–Crippen MR) is 216 cm³/mol. The Labute approximate surface area is 344 Å². The quantitative estimate of drug-likeness (QED) is 0.161. The molecule has 0 amide bonds. The van der Waals surface area contributed by atoms with Gasteiger partial charge in [-0.05, 0) is 0 Å². The molecule has 274 valence electrons. The third-order valence-electron chi connectivity index (χ3n) is 10.6. The topological polar surface area (TPSA) is 0 Å². The molecule has 1 atom stereocenters. The summed E-state index contributed by atoms with van der Waals surface area (Å²) in [5, 5.41) is 1.54. The Balaban J connectivity index is 0.00000302. The molecule has 0 aromatic heterocycles. The maximum atomic E-state index is 6.58. The zero-order chi connectivity index (χ0) is 36.2. The van der Waals surface area contributed by atoms with Crippen LogP contribution in [0.5, 0.6) is 0 Å². The first-order valence-corrected chi connectivity index (χ1v) is 22.9. The predicted octanol–water partition coefficient (Wildman–Crippen LogP) is 7.36. The normalized spacial score (nSPS) is 15.0. The molecule has 0 spiro atoms. The molecule has 0 aliphatic heterocycles. The molecule has 6 rings (SSSR count). The van der Waals surface area contributed by atoms with E-state index in [9.17, 15) is 0 Å². The first-order chi connectivity index (χ1) is 23.5. The van der Waals surface area contributed by atoms with Crippen LogP contribution in [0.1, 0.15) is 122 Å². The zero-order valence-electron chi connectivity index (χ0n) is 32.6. The minimum atomic E-state index is -3.09. The van der Waals surface area contributed by atoms with Crippen LogP contribution in [0.15, 0.2) is 99.9 Å². The van der Waals surface area contributed by atoms with Crippen molar-refractivity contribution in [2.75, 3.05) is 0 Å². The van der Waals surface area contributed by atoms with Crippen LogP contribution in [0, 0.1) is 11.3 Å². The van der Waals surface area contributed by atoms with Gasteiger partial charge in [0.25, 0.3) is 0 Å². The first-order valence-electron chi connectivity index (χ1n) is 18.5. The van der Waals surface area contributed by atoms with Crippen LogP contribution < -0.4 is 28.1 Å². The van der Waals surface area contributed by atoms with Crippen LogP contribution in [-0.4, -0.2) is 3.21 Å². The summed E-state index contributed by atoms with van der Waals surface area (Å²) >= 11 is 10.1. The summed E-state index contributed by atoms with van der Waals surface area (Å²) in [4.78, 5) is 0. The largest absolute Gasteiger partial charge is 1.00 e. The van der Waals surface area contributed by atoms with E-state index >= 15 is 0 Å². The molecule has 52 heavy (non-hydrogen) atoms. The maximum Gasteiger partial charge on any atom is -1.00 e. The average Bonchev–Trinajstić information content (AvgIpc) is 3.64. The summed E-state index contributed by atoms with van der Waals surface area (Å²) in [6, 6.07) is 29.6. The maximum absolute atomic E-state index is 6.58. The van der Waals surface area contributed by atoms with E-state index in [1.165, 1.54) is 67.0 Å². The number of rotatable bonds is 7. The van der Waals surface area contributed by atoms with Gasteiger partial charge in [-0.3, -0.25) is 0 Å². The van der Waals surface area contributed by atoms with Crippen molar-refractivity contribution < 1.29 is 46.1 Å². The number of fused-ring (bicyclic) bond motifs is 3. The van der Waals surface area contributed by atoms with Crippen LogP contribution in [0.4, 0.5) is 0 Å². The summed E-state index contributed by atoms with van der Waals surface area (Å²) in [7, 11) is 0. The Hall–Kier alpha value is -1.73. The standard InChI is InChI=1S/C21H25.C13H8Cl2.C13H21.2ClH.Zr/c1-20(2,3)16-7-9-18-14(12-16)11-15-13-17(21(4,5)6)8-10-19(15)18;14-12-5-1-10(2-6-12)9-11-3-7-13(15)8-4-11;1-5-6-7-11-8-9-12(10-11)13(2,3)4;;;/h7-10,12H,11H2,1-6H3;1-8H;9-11H,5-7H2,1-4H3;2*1H;/q;;;;;+2/p-2. The Morgan fingerprint density at radius 2 is 1.25 bits per heavy atom. The average molecular weight is 852 g/mol. The van der Waals surface area contributed by atoms with E-state index in [4.69, 9.17) is 23.2 Å². The van der Waals surface area contributed by atoms with Crippen molar-refractivity contribution >= 4 is 29.7 Å². The summed E-state index contributed by atoms with van der Waals surface area (Å²) < 4.78 is 4.89. The minimum absolute atomic E-state index is 0. The van der Waals surface area contributed by atoms with E-state index in [2.05, 4.69) is 160 Å². The first kappa shape index (κ1) is 43.0. The molecule has 4 aromatic carbocycles. The van der Waals surface area contributed by atoms with Gasteiger partial charge in [-0.25, -0.2) is 0 Å². The molecule has 0 heterocycles. The van der Waals surface area contributed by atoms with Crippen molar-refractivity contribution in [3.05, 3.63) is 143 Å². The van der Waals surface area contributed by atoms with E-state index < -0.39 is 21.3 Å². The van der Waals surface area contributed by atoms with Gasteiger partial charge in [-0.15, -0.1) is 0 Å². The fourth-order valence-corrected chi connectivity index (χ4v) is 17.6. The SMILES string of the molecule is CCCCC1C=C(C(C)(C)C)C=[C]1[Zr+2](=[C](c1ccc(Cl)cc1)c1ccc(Cl)cc1)[c]1c(C(C)(C)C)ccc2c1Cc1cc(C(C)(C)C)ccc1-2.[Cl-].[Cl-]. The molecule has 2 aliphatic rings. The van der Waals surface area contributed by atoms with Crippen LogP contribution in [0.2, 0.25) is 10.0 Å². The Bertz CT molecular complexity index is 1960. The van der Waals surface area contributed by atoms with Crippen LogP contribution in [-0.2, 0) is 38.5 Å². The van der Waals surface area contributed by atoms with Crippen molar-refractivity contribution in [1.29, 1.82) is 0 Å². The molecule has 0 nitrogen and oxygen atoms in total. The third-order valence-corrected chi connectivity index (χ3v) is 19.1. The second-order valence-corrected chi connectivity index (χ2v) is 24.1. The van der Waals surface area contributed by atoms with Gasteiger partial charge in [0, 0.05) is 0 Å². The third kappa shape index (κ3) is 8.87. The molecule has 0 N–H and O–H groups in total. The zero-order valence-corrected chi connectivity index (χ0v) is 38.1. The van der Waals surface area contributed by atoms with Crippen LogP contribution >= 0.6 is 23.2 Å². The molecular weight excluding hydrogens is 798 g/mol. The second-order valence-electron chi connectivity index (χ2n) is 17.5.